The van der Waals surface area contributed by atoms with E-state index in [0.29, 0.717) is 0 Å². The first-order chi connectivity index (χ1) is 7.27. The number of hydrogen-bond acceptors (Lipinski definition) is 3. The van der Waals surface area contributed by atoms with Crippen LogP contribution in [0.4, 0.5) is 5.69 Å². The maximum atomic E-state index is 11.3. The minimum absolute atomic E-state index is 0.148. The molecule has 0 radical (unpaired) electrons. The Hall–Kier alpha value is -2.10. The van der Waals surface area contributed by atoms with E-state index in [0.717, 1.165) is 5.69 Å². The molecule has 0 fully saturated rings. The van der Waals surface area contributed by atoms with Crippen LogP contribution in [0.15, 0.2) is 42.6 Å². The first-order valence-corrected chi connectivity index (χ1v) is 4.62. The molecule has 4 nitrogen and oxygen atoms in total. The second kappa shape index (κ2) is 3.96. The number of allylic oxidation sites excluding steroid dienone is 1. The van der Waals surface area contributed by atoms with Crippen molar-refractivity contribution in [2.45, 2.75) is 6.42 Å². The minimum Gasteiger partial charge on any atom is -0.288 e. The lowest BCUT2D eigenvalue weighted by molar-refractivity contribution is -0.137. The van der Waals surface area contributed by atoms with E-state index in [-0.39, 0.29) is 6.42 Å². The van der Waals surface area contributed by atoms with Crippen LogP contribution in [0.3, 0.4) is 0 Å². The lowest BCUT2D eigenvalue weighted by Gasteiger charge is -2.18. The van der Waals surface area contributed by atoms with Gasteiger partial charge in [-0.1, -0.05) is 24.3 Å². The third kappa shape index (κ3) is 2.04. The molecule has 1 aromatic carbocycles. The molecule has 0 atom stereocenters. The smallest absolute Gasteiger partial charge is 0.288 e. The molecular formula is C11H10N2O2. The van der Waals surface area contributed by atoms with E-state index in [2.05, 4.69) is 5.43 Å². The molecule has 1 heterocycles. The van der Waals surface area contributed by atoms with Crippen molar-refractivity contribution >= 4 is 17.4 Å². The maximum absolute atomic E-state index is 11.3. The normalized spacial score (nSPS) is 16.1. The highest BCUT2D eigenvalue weighted by molar-refractivity contribution is 6.37. The van der Waals surface area contributed by atoms with Gasteiger partial charge in [-0.2, -0.15) is 0 Å². The van der Waals surface area contributed by atoms with Crippen LogP contribution >= 0.6 is 0 Å². The van der Waals surface area contributed by atoms with Crippen molar-refractivity contribution in [2.75, 3.05) is 5.01 Å². The fraction of sp³-hybridized carbons (Fsp3) is 0.0909. The van der Waals surface area contributed by atoms with Gasteiger partial charge in [-0.15, -0.1) is 0 Å². The fourth-order valence-corrected chi connectivity index (χ4v) is 1.31. The van der Waals surface area contributed by atoms with Gasteiger partial charge in [0, 0.05) is 12.6 Å². The third-order valence-electron chi connectivity index (χ3n) is 2.07. The van der Waals surface area contributed by atoms with Crippen LogP contribution in [0.25, 0.3) is 0 Å². The molecule has 0 spiro atoms. The van der Waals surface area contributed by atoms with Gasteiger partial charge in [-0.05, 0) is 12.1 Å². The largest absolute Gasteiger partial charge is 0.306 e. The van der Waals surface area contributed by atoms with Crippen molar-refractivity contribution in [3.8, 4) is 0 Å². The van der Waals surface area contributed by atoms with Crippen LogP contribution in [0.1, 0.15) is 6.42 Å². The first kappa shape index (κ1) is 9.45. The Morgan fingerprint density at radius 2 is 1.87 bits per heavy atom. The minimum atomic E-state index is -0.580. The number of Topliss-reactive ketones (excluding diaryl/α,β-unsaturated/α-hetero) is 1. The van der Waals surface area contributed by atoms with Gasteiger partial charge in [0.1, 0.15) is 0 Å². The zero-order valence-corrected chi connectivity index (χ0v) is 8.01. The zero-order valence-electron chi connectivity index (χ0n) is 8.01. The Morgan fingerprint density at radius 3 is 2.60 bits per heavy atom. The number of rotatable bonds is 1. The van der Waals surface area contributed by atoms with E-state index >= 15 is 0 Å². The molecule has 2 rings (SSSR count). The molecule has 0 unspecified atom stereocenters. The molecule has 0 saturated carbocycles. The molecule has 1 aliphatic heterocycles. The lowest BCUT2D eigenvalue weighted by Crippen LogP contribution is -2.40. The van der Waals surface area contributed by atoms with Gasteiger partial charge in [0.15, 0.2) is 0 Å². The number of hydrazine groups is 1. The Labute approximate surface area is 87.2 Å². The Morgan fingerprint density at radius 1 is 1.13 bits per heavy atom. The number of hydrogen-bond donors (Lipinski definition) is 1. The van der Waals surface area contributed by atoms with Gasteiger partial charge < -0.3 is 0 Å². The summed E-state index contributed by atoms with van der Waals surface area (Å²) in [5.41, 5.74) is 3.32. The van der Waals surface area contributed by atoms with Gasteiger partial charge in [0.2, 0.25) is 5.78 Å². The molecule has 1 amide bonds. The van der Waals surface area contributed by atoms with E-state index in [9.17, 15) is 9.59 Å². The molecule has 15 heavy (non-hydrogen) atoms. The van der Waals surface area contributed by atoms with E-state index < -0.39 is 11.7 Å². The molecule has 4 heteroatoms. The Balaban J connectivity index is 2.24. The fourth-order valence-electron chi connectivity index (χ4n) is 1.31. The van der Waals surface area contributed by atoms with Gasteiger partial charge in [0.25, 0.3) is 0 Å². The second-order valence-corrected chi connectivity index (χ2v) is 3.16. The number of carbonyl (C=O) groups is 2. The number of ketones is 1. The Kier molecular flexibility index (Phi) is 2.49. The van der Waals surface area contributed by atoms with Gasteiger partial charge in [0.05, 0.1) is 5.69 Å². The van der Waals surface area contributed by atoms with Crippen molar-refractivity contribution in [1.29, 1.82) is 0 Å². The summed E-state index contributed by atoms with van der Waals surface area (Å²) < 4.78 is 0. The van der Waals surface area contributed by atoms with Crippen molar-refractivity contribution < 1.29 is 9.59 Å². The van der Waals surface area contributed by atoms with E-state index in [4.69, 9.17) is 0 Å². The summed E-state index contributed by atoms with van der Waals surface area (Å²) in [4.78, 5) is 22.4. The van der Waals surface area contributed by atoms with Crippen LogP contribution in [0.2, 0.25) is 0 Å². The van der Waals surface area contributed by atoms with Crippen LogP contribution in [0.5, 0.6) is 0 Å². The predicted molar refractivity (Wildman–Crippen MR) is 55.8 cm³/mol. The molecular weight excluding hydrogens is 192 g/mol. The number of para-hydroxylation sites is 1. The first-order valence-electron chi connectivity index (χ1n) is 4.62. The molecule has 0 aromatic heterocycles. The summed E-state index contributed by atoms with van der Waals surface area (Å²) in [7, 11) is 0. The standard InChI is InChI=1S/C11H10N2O2/c14-10-7-4-8-13(12-11(10)15)9-5-2-1-3-6-9/h1-6,8H,7H2,(H,12,15). The summed E-state index contributed by atoms with van der Waals surface area (Å²) in [6.45, 7) is 0. The summed E-state index contributed by atoms with van der Waals surface area (Å²) in [5, 5.41) is 1.53. The molecule has 76 valence electrons. The molecule has 1 N–H and O–H groups in total. The molecule has 0 aliphatic carbocycles. The SMILES string of the molecule is O=C1CC=CN(c2ccccc2)NC1=O. The zero-order chi connectivity index (χ0) is 10.7. The third-order valence-corrected chi connectivity index (χ3v) is 2.07. The van der Waals surface area contributed by atoms with Crippen LogP contribution in [0, 0.1) is 0 Å². The van der Waals surface area contributed by atoms with Gasteiger partial charge >= 0.3 is 5.91 Å². The molecule has 0 bridgehead atoms. The number of carbonyl (C=O) groups excluding carboxylic acids is 2. The topological polar surface area (TPSA) is 49.4 Å². The Bertz CT molecular complexity index is 412. The van der Waals surface area contributed by atoms with E-state index in [1.165, 1.54) is 5.01 Å². The van der Waals surface area contributed by atoms with E-state index in [1.54, 1.807) is 12.3 Å². The molecule has 1 aliphatic rings. The van der Waals surface area contributed by atoms with Crippen LogP contribution in [-0.2, 0) is 9.59 Å². The van der Waals surface area contributed by atoms with Crippen molar-refractivity contribution in [3.05, 3.63) is 42.6 Å². The molecule has 0 saturated heterocycles. The van der Waals surface area contributed by atoms with Gasteiger partial charge in [-0.25, -0.2) is 0 Å². The summed E-state index contributed by atoms with van der Waals surface area (Å²) >= 11 is 0. The summed E-state index contributed by atoms with van der Waals surface area (Å²) in [6.07, 6.45) is 3.49. The number of amides is 1. The van der Waals surface area contributed by atoms with Crippen molar-refractivity contribution in [3.63, 3.8) is 0 Å². The van der Waals surface area contributed by atoms with Crippen molar-refractivity contribution in [2.24, 2.45) is 0 Å². The quantitative estimate of drug-likeness (QED) is 0.691. The van der Waals surface area contributed by atoms with E-state index in [1.807, 2.05) is 30.3 Å². The highest BCUT2D eigenvalue weighted by Crippen LogP contribution is 2.12. The lowest BCUT2D eigenvalue weighted by atomic mass is 10.3. The average molecular weight is 202 g/mol. The monoisotopic (exact) mass is 202 g/mol. The average Bonchev–Trinajstić information content (AvgIpc) is 2.43. The molecule has 1 aromatic rings. The highest BCUT2D eigenvalue weighted by atomic mass is 16.2. The van der Waals surface area contributed by atoms with Crippen molar-refractivity contribution in [1.82, 2.24) is 5.43 Å². The summed E-state index contributed by atoms with van der Waals surface area (Å²) in [6, 6.07) is 9.31. The number of nitrogens with zero attached hydrogens (tertiary/aromatic N) is 1. The van der Waals surface area contributed by atoms with Crippen LogP contribution < -0.4 is 10.4 Å². The highest BCUT2D eigenvalue weighted by Gasteiger charge is 2.17. The number of anilines is 1. The van der Waals surface area contributed by atoms with Gasteiger partial charge in [-0.3, -0.25) is 20.0 Å². The second-order valence-electron chi connectivity index (χ2n) is 3.16. The van der Waals surface area contributed by atoms with Crippen LogP contribution in [-0.4, -0.2) is 11.7 Å². The number of benzene rings is 1. The number of nitrogens with one attached hydrogen (secondary N) is 1. The summed E-state index contributed by atoms with van der Waals surface area (Å²) in [5.74, 6) is -1.01. The predicted octanol–water partition coefficient (Wildman–Crippen LogP) is 1.01. The maximum Gasteiger partial charge on any atom is 0.306 e.